The second-order valence-corrected chi connectivity index (χ2v) is 6.21. The number of carbonyl (C=O) groups is 2. The third-order valence-electron chi connectivity index (χ3n) is 3.70. The van der Waals surface area contributed by atoms with Crippen molar-refractivity contribution in [2.24, 2.45) is 5.92 Å². The molecular weight excluding hydrogens is 343 g/mol. The molecule has 0 unspecified atom stereocenters. The largest absolute Gasteiger partial charge is 0.465 e. The van der Waals surface area contributed by atoms with E-state index in [1.165, 1.54) is 11.8 Å². The monoisotopic (exact) mass is 360 g/mol. The van der Waals surface area contributed by atoms with Gasteiger partial charge in [0.1, 0.15) is 0 Å². The van der Waals surface area contributed by atoms with E-state index >= 15 is 0 Å². The van der Waals surface area contributed by atoms with Gasteiger partial charge in [-0.3, -0.25) is 4.79 Å². The molecule has 8 heteroatoms. The minimum Gasteiger partial charge on any atom is -0.465 e. The summed E-state index contributed by atoms with van der Waals surface area (Å²) in [7, 11) is 0. The average Bonchev–Trinajstić information content (AvgIpc) is 2.70. The van der Waals surface area contributed by atoms with Crippen LogP contribution in [0.1, 0.15) is 18.6 Å². The lowest BCUT2D eigenvalue weighted by Gasteiger charge is -2.27. The van der Waals surface area contributed by atoms with Crippen molar-refractivity contribution < 1.29 is 19.4 Å². The minimum absolute atomic E-state index is 0.177. The van der Waals surface area contributed by atoms with Crippen LogP contribution in [0, 0.1) is 5.92 Å². The van der Waals surface area contributed by atoms with Crippen LogP contribution in [0.4, 0.5) is 4.79 Å². The van der Waals surface area contributed by atoms with Crippen LogP contribution in [-0.2, 0) is 9.53 Å². The number of rotatable bonds is 3. The highest BCUT2D eigenvalue weighted by atomic mass is 35.5. The molecule has 0 aromatic heterocycles. The summed E-state index contributed by atoms with van der Waals surface area (Å²) in [6.07, 6.45) is -1.38. The van der Waals surface area contributed by atoms with Gasteiger partial charge in [0.05, 0.1) is 22.8 Å². The Morgan fingerprint density at radius 1 is 1.39 bits per heavy atom. The first-order valence-electron chi connectivity index (χ1n) is 7.17. The number of ether oxygens (including phenoxy) is 1. The molecule has 0 saturated carbocycles. The quantitative estimate of drug-likeness (QED) is 0.868. The van der Waals surface area contributed by atoms with Crippen LogP contribution in [0.25, 0.3) is 0 Å². The van der Waals surface area contributed by atoms with Crippen LogP contribution in [0.2, 0.25) is 10.0 Å². The lowest BCUT2D eigenvalue weighted by molar-refractivity contribution is -0.119. The maximum atomic E-state index is 11.3. The topological polar surface area (TPSA) is 78.9 Å². The summed E-state index contributed by atoms with van der Waals surface area (Å²) in [6.45, 7) is 2.54. The molecule has 1 fully saturated rings. The number of amides is 2. The summed E-state index contributed by atoms with van der Waals surface area (Å²) in [6, 6.07) is 5.19. The van der Waals surface area contributed by atoms with Crippen molar-refractivity contribution in [2.75, 3.05) is 26.2 Å². The molecule has 1 aliphatic heterocycles. The van der Waals surface area contributed by atoms with Crippen LogP contribution in [0.5, 0.6) is 0 Å². The van der Waals surface area contributed by atoms with Crippen LogP contribution in [0.3, 0.4) is 0 Å². The van der Waals surface area contributed by atoms with Gasteiger partial charge in [-0.05, 0) is 17.7 Å². The van der Waals surface area contributed by atoms with E-state index in [9.17, 15) is 14.7 Å². The van der Waals surface area contributed by atoms with Gasteiger partial charge in [-0.25, -0.2) is 4.79 Å². The van der Waals surface area contributed by atoms with Crippen molar-refractivity contribution in [3.63, 3.8) is 0 Å². The zero-order valence-corrected chi connectivity index (χ0v) is 14.1. The van der Waals surface area contributed by atoms with Crippen LogP contribution in [-0.4, -0.2) is 48.2 Å². The zero-order chi connectivity index (χ0) is 17.0. The smallest absolute Gasteiger partial charge is 0.407 e. The fraction of sp³-hybridized carbons (Fsp3) is 0.467. The van der Waals surface area contributed by atoms with Crippen molar-refractivity contribution in [1.82, 2.24) is 10.2 Å². The Balaban J connectivity index is 2.26. The molecule has 0 spiro atoms. The number of nitrogens with one attached hydrogen (secondary N) is 1. The molecule has 23 heavy (non-hydrogen) atoms. The molecule has 1 aromatic rings. The number of carbonyl (C=O) groups excluding carboxylic acids is 1. The Hall–Kier alpha value is -1.50. The summed E-state index contributed by atoms with van der Waals surface area (Å²) in [5, 5.41) is 12.8. The van der Waals surface area contributed by atoms with Gasteiger partial charge in [-0.1, -0.05) is 29.3 Å². The van der Waals surface area contributed by atoms with Gasteiger partial charge in [0, 0.05) is 32.5 Å². The minimum atomic E-state index is -1.00. The third kappa shape index (κ3) is 4.73. The zero-order valence-electron chi connectivity index (χ0n) is 12.6. The summed E-state index contributed by atoms with van der Waals surface area (Å²) < 4.78 is 5.85. The molecule has 0 bridgehead atoms. The van der Waals surface area contributed by atoms with E-state index in [-0.39, 0.29) is 37.6 Å². The highest BCUT2D eigenvalue weighted by Gasteiger charge is 2.31. The molecule has 0 radical (unpaired) electrons. The van der Waals surface area contributed by atoms with Crippen molar-refractivity contribution in [2.45, 2.75) is 13.0 Å². The molecule has 2 amide bonds. The lowest BCUT2D eigenvalue weighted by atomic mass is 9.95. The van der Waals surface area contributed by atoms with Crippen molar-refractivity contribution >= 4 is 35.2 Å². The van der Waals surface area contributed by atoms with Crippen molar-refractivity contribution in [1.29, 1.82) is 0 Å². The van der Waals surface area contributed by atoms with Gasteiger partial charge < -0.3 is 20.1 Å². The maximum Gasteiger partial charge on any atom is 0.407 e. The maximum absolute atomic E-state index is 11.3. The van der Waals surface area contributed by atoms with Gasteiger partial charge >= 0.3 is 6.09 Å². The molecule has 0 aliphatic carbocycles. The fourth-order valence-electron chi connectivity index (χ4n) is 2.57. The number of hydrogen-bond acceptors (Lipinski definition) is 3. The summed E-state index contributed by atoms with van der Waals surface area (Å²) in [5.74, 6) is -0.404. The standard InChI is InChI=1S/C15H18Cl2N2O4/c1-9(20)18-7-11-8-19(15(21)22)4-5-23-14(11)10-2-3-12(16)13(17)6-10/h2-3,6,11,14H,4-5,7-8H2,1H3,(H,18,20)(H,21,22)/t11-,14+/m1/s1. The SMILES string of the molecule is CC(=O)NC[C@@H]1CN(C(=O)O)CCO[C@H]1c1ccc(Cl)c(Cl)c1. The van der Waals surface area contributed by atoms with Crippen LogP contribution >= 0.6 is 23.2 Å². The average molecular weight is 361 g/mol. The number of carboxylic acid groups (broad SMARTS) is 1. The number of hydrogen-bond donors (Lipinski definition) is 2. The van der Waals surface area contributed by atoms with Gasteiger partial charge in [-0.2, -0.15) is 0 Å². The number of halogens is 2. The molecule has 1 heterocycles. The summed E-state index contributed by atoms with van der Waals surface area (Å²) in [5.41, 5.74) is 0.807. The predicted molar refractivity (Wildman–Crippen MR) is 86.9 cm³/mol. The summed E-state index contributed by atoms with van der Waals surface area (Å²) >= 11 is 12.0. The molecule has 1 saturated heterocycles. The van der Waals surface area contributed by atoms with E-state index in [0.29, 0.717) is 16.6 Å². The molecule has 2 rings (SSSR count). The van der Waals surface area contributed by atoms with E-state index in [4.69, 9.17) is 27.9 Å². The highest BCUT2D eigenvalue weighted by Crippen LogP contribution is 2.33. The molecule has 2 atom stereocenters. The molecule has 2 N–H and O–H groups in total. The summed E-state index contributed by atoms with van der Waals surface area (Å²) in [4.78, 5) is 23.8. The van der Waals surface area contributed by atoms with Crippen LogP contribution < -0.4 is 5.32 Å². The Morgan fingerprint density at radius 3 is 2.74 bits per heavy atom. The van der Waals surface area contributed by atoms with Gasteiger partial charge in [0.15, 0.2) is 0 Å². The third-order valence-corrected chi connectivity index (χ3v) is 4.44. The predicted octanol–water partition coefficient (Wildman–Crippen LogP) is 2.80. The molecule has 1 aromatic carbocycles. The highest BCUT2D eigenvalue weighted by molar-refractivity contribution is 6.42. The van der Waals surface area contributed by atoms with E-state index in [1.54, 1.807) is 18.2 Å². The van der Waals surface area contributed by atoms with E-state index in [1.807, 2.05) is 0 Å². The Kier molecular flexibility index (Phi) is 6.10. The molecule has 126 valence electrons. The van der Waals surface area contributed by atoms with Crippen molar-refractivity contribution in [3.05, 3.63) is 33.8 Å². The molecule has 1 aliphatic rings. The van der Waals surface area contributed by atoms with E-state index in [2.05, 4.69) is 5.32 Å². The lowest BCUT2D eigenvalue weighted by Crippen LogP contribution is -2.39. The first-order chi connectivity index (χ1) is 10.9. The van der Waals surface area contributed by atoms with E-state index < -0.39 is 6.09 Å². The number of benzene rings is 1. The van der Waals surface area contributed by atoms with Crippen LogP contribution in [0.15, 0.2) is 18.2 Å². The van der Waals surface area contributed by atoms with Gasteiger partial charge in [0.25, 0.3) is 0 Å². The van der Waals surface area contributed by atoms with E-state index in [0.717, 1.165) is 5.56 Å². The Labute approximate surface area is 144 Å². The Bertz CT molecular complexity index is 597. The molecular formula is C15H18Cl2N2O4. The Morgan fingerprint density at radius 2 is 2.13 bits per heavy atom. The molecule has 6 nitrogen and oxygen atoms in total. The normalized spacial score (nSPS) is 21.6. The number of nitrogens with zero attached hydrogens (tertiary/aromatic N) is 1. The van der Waals surface area contributed by atoms with Gasteiger partial charge in [-0.15, -0.1) is 0 Å². The van der Waals surface area contributed by atoms with Gasteiger partial charge in [0.2, 0.25) is 5.91 Å². The fourth-order valence-corrected chi connectivity index (χ4v) is 2.88. The second-order valence-electron chi connectivity index (χ2n) is 5.39. The first kappa shape index (κ1) is 17.8. The first-order valence-corrected chi connectivity index (χ1v) is 7.93. The second kappa shape index (κ2) is 7.86. The van der Waals surface area contributed by atoms with Crippen molar-refractivity contribution in [3.8, 4) is 0 Å².